The van der Waals surface area contributed by atoms with Crippen molar-refractivity contribution >= 4 is 54.8 Å². The average Bonchev–Trinajstić information content (AvgIpc) is 1.80. The Labute approximate surface area is 132 Å². The number of carbonyl (C=O) groups excluding carboxylic acids is 3. The Hall–Kier alpha value is 0.475. The zero-order valence-electron chi connectivity index (χ0n) is 8.66. The van der Waals surface area contributed by atoms with Gasteiger partial charge in [-0.15, -0.1) is 0 Å². The van der Waals surface area contributed by atoms with Crippen molar-refractivity contribution in [1.29, 1.82) is 0 Å². The van der Waals surface area contributed by atoms with Crippen LogP contribution in [-0.4, -0.2) is 54.8 Å². The summed E-state index contributed by atoms with van der Waals surface area (Å²) < 4.78 is 13.3. The van der Waals surface area contributed by atoms with Gasteiger partial charge in [-0.25, -0.2) is 0 Å². The van der Waals surface area contributed by atoms with E-state index in [0.717, 1.165) is 20.8 Å². The molecule has 0 radical (unpaired) electrons. The molecular formula is C6H11BNa2O6. The Morgan fingerprint density at radius 2 is 1.00 bits per heavy atom. The van der Waals surface area contributed by atoms with E-state index in [1.807, 2.05) is 0 Å². The van der Waals surface area contributed by atoms with E-state index in [9.17, 15) is 14.4 Å². The van der Waals surface area contributed by atoms with Gasteiger partial charge in [0.15, 0.2) is 0 Å². The molecule has 0 fully saturated rings. The minimum atomic E-state index is -2.41. The van der Waals surface area contributed by atoms with E-state index in [1.54, 1.807) is 0 Å². The van der Waals surface area contributed by atoms with Crippen LogP contribution < -0.4 is 29.6 Å². The van der Waals surface area contributed by atoms with Gasteiger partial charge in [0.25, 0.3) is 17.9 Å². The third kappa shape index (κ3) is 14.5. The summed E-state index contributed by atoms with van der Waals surface area (Å²) in [5.74, 6) is -2.03. The minimum absolute atomic E-state index is 0. The van der Waals surface area contributed by atoms with Gasteiger partial charge in [0.1, 0.15) is 0 Å². The Balaban J connectivity index is -0.000000720. The molecule has 15 heavy (non-hydrogen) atoms. The van der Waals surface area contributed by atoms with Crippen molar-refractivity contribution in [2.75, 3.05) is 0 Å². The number of hydrogen-bond donors (Lipinski definition) is 0. The first-order valence-corrected chi connectivity index (χ1v) is 3.59. The zero-order valence-corrected chi connectivity index (χ0v) is 10.7. The molecular weight excluding hydrogens is 225 g/mol. The molecule has 0 aromatic heterocycles. The van der Waals surface area contributed by atoms with E-state index in [-0.39, 0.29) is 59.1 Å². The van der Waals surface area contributed by atoms with E-state index in [2.05, 4.69) is 14.0 Å². The van der Waals surface area contributed by atoms with Gasteiger partial charge in [-0.3, -0.25) is 14.4 Å². The SMILES string of the molecule is CC(=O)O[BH-](OC(C)=O)OC(C)=O.[Na+].[NaH]. The molecule has 0 saturated carbocycles. The van der Waals surface area contributed by atoms with Crippen LogP contribution in [0.2, 0.25) is 0 Å². The van der Waals surface area contributed by atoms with Gasteiger partial charge in [0, 0.05) is 20.8 Å². The summed E-state index contributed by atoms with van der Waals surface area (Å²) in [6.07, 6.45) is 0. The van der Waals surface area contributed by atoms with Crippen LogP contribution in [0.1, 0.15) is 20.8 Å². The van der Waals surface area contributed by atoms with Crippen molar-refractivity contribution in [1.82, 2.24) is 0 Å². The fourth-order valence-corrected chi connectivity index (χ4v) is 0.586. The molecule has 0 aliphatic carbocycles. The van der Waals surface area contributed by atoms with Crippen molar-refractivity contribution in [3.8, 4) is 0 Å². The quantitative estimate of drug-likeness (QED) is 0.462. The standard InChI is InChI=1S/C6H10BO6.2Na.H/c1-4(8)11-7(12-5(2)9)13-6(3)10;;;/h7H,1-3H3;;;/q-1;;+1;. The van der Waals surface area contributed by atoms with Crippen molar-refractivity contribution in [3.05, 3.63) is 0 Å². The molecule has 0 heterocycles. The summed E-state index contributed by atoms with van der Waals surface area (Å²) in [6, 6.07) is 0. The van der Waals surface area contributed by atoms with Gasteiger partial charge >= 0.3 is 66.4 Å². The zero-order chi connectivity index (χ0) is 10.4. The summed E-state index contributed by atoms with van der Waals surface area (Å²) in [4.78, 5) is 31.3. The molecule has 0 amide bonds. The van der Waals surface area contributed by atoms with Gasteiger partial charge in [-0.05, 0) is 0 Å². The first-order valence-electron chi connectivity index (χ1n) is 3.59. The molecule has 0 aliphatic rings. The van der Waals surface area contributed by atoms with Crippen LogP contribution in [0.15, 0.2) is 0 Å². The van der Waals surface area contributed by atoms with Crippen LogP contribution >= 0.6 is 0 Å². The van der Waals surface area contributed by atoms with E-state index in [0.29, 0.717) is 0 Å². The summed E-state index contributed by atoms with van der Waals surface area (Å²) in [7, 11) is -2.41. The number of hydrogen-bond acceptors (Lipinski definition) is 6. The molecule has 0 spiro atoms. The Kier molecular flexibility index (Phi) is 15.2. The van der Waals surface area contributed by atoms with Crippen LogP contribution in [0.5, 0.6) is 0 Å². The fourth-order valence-electron chi connectivity index (χ4n) is 0.586. The van der Waals surface area contributed by atoms with Crippen molar-refractivity contribution in [2.45, 2.75) is 20.8 Å². The molecule has 0 bridgehead atoms. The second kappa shape index (κ2) is 11.0. The number of carbonyl (C=O) groups is 3. The van der Waals surface area contributed by atoms with Crippen molar-refractivity contribution in [2.24, 2.45) is 0 Å². The second-order valence-electron chi connectivity index (χ2n) is 2.26. The summed E-state index contributed by atoms with van der Waals surface area (Å²) in [5, 5.41) is 0. The summed E-state index contributed by atoms with van der Waals surface area (Å²) in [6.45, 7) is 3.35. The van der Waals surface area contributed by atoms with E-state index in [1.165, 1.54) is 0 Å². The number of rotatable bonds is 3. The van der Waals surface area contributed by atoms with Crippen LogP contribution in [0.3, 0.4) is 0 Å². The van der Waals surface area contributed by atoms with E-state index in [4.69, 9.17) is 0 Å². The van der Waals surface area contributed by atoms with Gasteiger partial charge in [-0.1, -0.05) is 0 Å². The average molecular weight is 236 g/mol. The molecule has 0 rings (SSSR count). The first-order chi connectivity index (χ1) is 5.91. The maximum atomic E-state index is 10.4. The van der Waals surface area contributed by atoms with Crippen molar-refractivity contribution < 1.29 is 57.9 Å². The van der Waals surface area contributed by atoms with Crippen LogP contribution in [0, 0.1) is 0 Å². The Morgan fingerprint density at radius 3 is 1.13 bits per heavy atom. The third-order valence-corrected chi connectivity index (χ3v) is 0.963. The molecule has 76 valence electrons. The molecule has 0 aliphatic heterocycles. The third-order valence-electron chi connectivity index (χ3n) is 0.963. The first kappa shape index (κ1) is 20.8. The molecule has 0 aromatic rings. The summed E-state index contributed by atoms with van der Waals surface area (Å²) in [5.41, 5.74) is 0. The Morgan fingerprint density at radius 1 is 0.800 bits per heavy atom. The van der Waals surface area contributed by atoms with Crippen LogP contribution in [0.4, 0.5) is 0 Å². The molecule has 9 heteroatoms. The molecule has 0 saturated heterocycles. The normalized spacial score (nSPS) is 8.00. The van der Waals surface area contributed by atoms with E-state index < -0.39 is 25.2 Å². The van der Waals surface area contributed by atoms with Crippen molar-refractivity contribution in [3.63, 3.8) is 0 Å². The second-order valence-corrected chi connectivity index (χ2v) is 2.26. The van der Waals surface area contributed by atoms with Gasteiger partial charge in [0.05, 0.1) is 0 Å². The molecule has 6 nitrogen and oxygen atoms in total. The monoisotopic (exact) mass is 236 g/mol. The van der Waals surface area contributed by atoms with Crippen LogP contribution in [-0.2, 0) is 28.3 Å². The molecule has 0 atom stereocenters. The molecule has 0 N–H and O–H groups in total. The van der Waals surface area contributed by atoms with Gasteiger partial charge in [-0.2, -0.15) is 0 Å². The summed E-state index contributed by atoms with van der Waals surface area (Å²) >= 11 is 0. The predicted molar refractivity (Wildman–Crippen MR) is 49.6 cm³/mol. The van der Waals surface area contributed by atoms with Gasteiger partial charge in [0.2, 0.25) is 0 Å². The molecule has 0 aromatic carbocycles. The topological polar surface area (TPSA) is 78.9 Å². The van der Waals surface area contributed by atoms with E-state index >= 15 is 0 Å². The maximum absolute atomic E-state index is 10.4. The Bertz CT molecular complexity index is 196. The van der Waals surface area contributed by atoms with Gasteiger partial charge < -0.3 is 14.0 Å². The molecule has 0 unspecified atom stereocenters. The van der Waals surface area contributed by atoms with Crippen LogP contribution in [0.25, 0.3) is 0 Å². The fraction of sp³-hybridized carbons (Fsp3) is 0.500. The predicted octanol–water partition coefficient (Wildman–Crippen LogP) is -4.25.